The van der Waals surface area contributed by atoms with Crippen molar-refractivity contribution in [3.05, 3.63) is 29.8 Å². The van der Waals surface area contributed by atoms with Crippen molar-refractivity contribution in [3.63, 3.8) is 0 Å². The zero-order chi connectivity index (χ0) is 10.6. The van der Waals surface area contributed by atoms with Gasteiger partial charge >= 0.3 is 0 Å². The lowest BCUT2D eigenvalue weighted by Gasteiger charge is -2.17. The van der Waals surface area contributed by atoms with Crippen molar-refractivity contribution in [2.75, 3.05) is 0 Å². The maximum atomic E-state index is 10.4. The lowest BCUT2D eigenvalue weighted by atomic mass is 10.1. The molecule has 1 aromatic rings. The number of benzene rings is 1. The second-order valence-electron chi connectivity index (χ2n) is 3.75. The van der Waals surface area contributed by atoms with Gasteiger partial charge in [0.25, 0.3) is 0 Å². The predicted molar refractivity (Wildman–Crippen MR) is 56.8 cm³/mol. The molecular weight excluding hydrogens is 176 g/mol. The van der Waals surface area contributed by atoms with Crippen LogP contribution in [0.4, 0.5) is 0 Å². The fourth-order valence-corrected chi connectivity index (χ4v) is 0.976. The van der Waals surface area contributed by atoms with Gasteiger partial charge in [-0.2, -0.15) is 0 Å². The smallest absolute Gasteiger partial charge is 0.150 e. The van der Waals surface area contributed by atoms with E-state index in [9.17, 15) is 4.79 Å². The quantitative estimate of drug-likeness (QED) is 0.685. The lowest BCUT2D eigenvalue weighted by Crippen LogP contribution is -2.18. The molecule has 0 aliphatic heterocycles. The Morgan fingerprint density at radius 3 is 2.14 bits per heavy atom. The number of hydrogen-bond donors (Lipinski definition) is 0. The van der Waals surface area contributed by atoms with E-state index in [2.05, 4.69) is 13.8 Å². The monoisotopic (exact) mass is 192 g/mol. The van der Waals surface area contributed by atoms with Gasteiger partial charge in [0.15, 0.2) is 0 Å². The molecule has 0 bridgehead atoms. The van der Waals surface area contributed by atoms with Crippen LogP contribution in [0.5, 0.6) is 5.75 Å². The Morgan fingerprint density at radius 1 is 1.14 bits per heavy atom. The third-order valence-corrected chi connectivity index (χ3v) is 2.28. The van der Waals surface area contributed by atoms with Gasteiger partial charge < -0.3 is 4.74 Å². The molecule has 1 unspecified atom stereocenters. The summed E-state index contributed by atoms with van der Waals surface area (Å²) in [5, 5.41) is 0. The zero-order valence-corrected chi connectivity index (χ0v) is 8.86. The summed E-state index contributed by atoms with van der Waals surface area (Å²) in [7, 11) is 0. The van der Waals surface area contributed by atoms with Crippen LogP contribution < -0.4 is 4.74 Å². The number of aldehydes is 1. The van der Waals surface area contributed by atoms with Crippen LogP contribution in [-0.4, -0.2) is 12.4 Å². The Bertz CT molecular complexity index is 288. The van der Waals surface area contributed by atoms with Gasteiger partial charge in [0, 0.05) is 5.56 Å². The molecule has 14 heavy (non-hydrogen) atoms. The third-order valence-electron chi connectivity index (χ3n) is 2.28. The van der Waals surface area contributed by atoms with Crippen LogP contribution in [0.1, 0.15) is 31.1 Å². The first kappa shape index (κ1) is 10.8. The van der Waals surface area contributed by atoms with Crippen molar-refractivity contribution < 1.29 is 9.53 Å². The average molecular weight is 192 g/mol. The number of carbonyl (C=O) groups excluding carboxylic acids is 1. The van der Waals surface area contributed by atoms with Crippen LogP contribution in [0.25, 0.3) is 0 Å². The van der Waals surface area contributed by atoms with E-state index in [1.54, 1.807) is 12.1 Å². The molecule has 0 heterocycles. The van der Waals surface area contributed by atoms with Crippen molar-refractivity contribution in [1.29, 1.82) is 0 Å². The molecule has 1 rings (SSSR count). The summed E-state index contributed by atoms with van der Waals surface area (Å²) in [6, 6.07) is 7.16. The van der Waals surface area contributed by atoms with E-state index in [1.165, 1.54) is 0 Å². The van der Waals surface area contributed by atoms with Crippen molar-refractivity contribution in [3.8, 4) is 5.75 Å². The highest BCUT2D eigenvalue weighted by Crippen LogP contribution is 2.15. The molecule has 0 fully saturated rings. The summed E-state index contributed by atoms with van der Waals surface area (Å²) in [5.74, 6) is 1.30. The van der Waals surface area contributed by atoms with Crippen LogP contribution in [0, 0.1) is 5.92 Å². The average Bonchev–Trinajstić information content (AvgIpc) is 2.19. The second-order valence-corrected chi connectivity index (χ2v) is 3.75. The molecule has 0 aliphatic rings. The summed E-state index contributed by atoms with van der Waals surface area (Å²) in [5.41, 5.74) is 0.676. The molecule has 0 aromatic heterocycles. The zero-order valence-electron chi connectivity index (χ0n) is 8.86. The molecule has 0 aliphatic carbocycles. The first-order chi connectivity index (χ1) is 6.63. The van der Waals surface area contributed by atoms with Gasteiger partial charge in [-0.3, -0.25) is 4.79 Å². The summed E-state index contributed by atoms with van der Waals surface area (Å²) >= 11 is 0. The fraction of sp³-hybridized carbons (Fsp3) is 0.417. The van der Waals surface area contributed by atoms with Crippen molar-refractivity contribution in [2.45, 2.75) is 26.9 Å². The highest BCUT2D eigenvalue weighted by Gasteiger charge is 2.07. The summed E-state index contributed by atoms with van der Waals surface area (Å²) in [6.45, 7) is 6.27. The van der Waals surface area contributed by atoms with Gasteiger partial charge in [-0.05, 0) is 37.1 Å². The number of hydrogen-bond acceptors (Lipinski definition) is 2. The van der Waals surface area contributed by atoms with Gasteiger partial charge in [-0.15, -0.1) is 0 Å². The lowest BCUT2D eigenvalue weighted by molar-refractivity contribution is 0.112. The van der Waals surface area contributed by atoms with Crippen LogP contribution in [0.15, 0.2) is 24.3 Å². The normalized spacial score (nSPS) is 12.6. The van der Waals surface area contributed by atoms with E-state index < -0.39 is 0 Å². The Labute approximate surface area is 84.9 Å². The molecule has 76 valence electrons. The molecular formula is C12H16O2. The van der Waals surface area contributed by atoms with Crippen LogP contribution in [-0.2, 0) is 0 Å². The topological polar surface area (TPSA) is 26.3 Å². The predicted octanol–water partition coefficient (Wildman–Crippen LogP) is 2.92. The minimum atomic E-state index is 0.192. The molecule has 0 saturated carbocycles. The minimum absolute atomic E-state index is 0.192. The van der Waals surface area contributed by atoms with E-state index in [0.29, 0.717) is 11.5 Å². The third kappa shape index (κ3) is 2.87. The molecule has 0 saturated heterocycles. The van der Waals surface area contributed by atoms with Crippen molar-refractivity contribution in [2.24, 2.45) is 5.92 Å². The maximum Gasteiger partial charge on any atom is 0.150 e. The molecule has 1 aromatic carbocycles. The van der Waals surface area contributed by atoms with E-state index in [0.717, 1.165) is 12.0 Å². The first-order valence-corrected chi connectivity index (χ1v) is 4.85. The van der Waals surface area contributed by atoms with Crippen molar-refractivity contribution >= 4 is 6.29 Å². The number of ether oxygens (including phenoxy) is 1. The minimum Gasteiger partial charge on any atom is -0.490 e. The SMILES string of the molecule is CC(C)C(C)Oc1ccc(C=O)cc1. The molecule has 0 N–H and O–H groups in total. The fourth-order valence-electron chi connectivity index (χ4n) is 0.976. The highest BCUT2D eigenvalue weighted by molar-refractivity contribution is 5.74. The van der Waals surface area contributed by atoms with E-state index >= 15 is 0 Å². The van der Waals surface area contributed by atoms with Gasteiger partial charge in [-0.25, -0.2) is 0 Å². The van der Waals surface area contributed by atoms with E-state index in [1.807, 2.05) is 19.1 Å². The van der Waals surface area contributed by atoms with Crippen molar-refractivity contribution in [1.82, 2.24) is 0 Å². The molecule has 0 spiro atoms. The molecule has 0 radical (unpaired) electrons. The molecule has 0 amide bonds. The highest BCUT2D eigenvalue weighted by atomic mass is 16.5. The van der Waals surface area contributed by atoms with Crippen LogP contribution >= 0.6 is 0 Å². The summed E-state index contributed by atoms with van der Waals surface area (Å²) in [6.07, 6.45) is 1.02. The van der Waals surface area contributed by atoms with Crippen LogP contribution in [0.2, 0.25) is 0 Å². The van der Waals surface area contributed by atoms with Gasteiger partial charge in [0.05, 0.1) is 6.10 Å². The Balaban J connectivity index is 2.64. The maximum absolute atomic E-state index is 10.4. The largest absolute Gasteiger partial charge is 0.490 e. The van der Waals surface area contributed by atoms with E-state index in [4.69, 9.17) is 4.74 Å². The Morgan fingerprint density at radius 2 is 1.71 bits per heavy atom. The second kappa shape index (κ2) is 4.80. The first-order valence-electron chi connectivity index (χ1n) is 4.85. The molecule has 2 heteroatoms. The van der Waals surface area contributed by atoms with Gasteiger partial charge in [-0.1, -0.05) is 13.8 Å². The Kier molecular flexibility index (Phi) is 3.69. The molecule has 1 atom stereocenters. The van der Waals surface area contributed by atoms with Gasteiger partial charge in [0.2, 0.25) is 0 Å². The summed E-state index contributed by atoms with van der Waals surface area (Å²) < 4.78 is 5.66. The number of rotatable bonds is 4. The molecule has 2 nitrogen and oxygen atoms in total. The summed E-state index contributed by atoms with van der Waals surface area (Å²) in [4.78, 5) is 10.4. The standard InChI is InChI=1S/C12H16O2/c1-9(2)10(3)14-12-6-4-11(8-13)5-7-12/h4-10H,1-3H3. The Hall–Kier alpha value is -1.31. The van der Waals surface area contributed by atoms with Gasteiger partial charge in [0.1, 0.15) is 12.0 Å². The number of carbonyl (C=O) groups is 1. The van der Waals surface area contributed by atoms with Crippen LogP contribution in [0.3, 0.4) is 0 Å². The van der Waals surface area contributed by atoms with E-state index in [-0.39, 0.29) is 6.10 Å².